The summed E-state index contributed by atoms with van der Waals surface area (Å²) in [7, 11) is 1.39. The average molecular weight is 380 g/mol. The summed E-state index contributed by atoms with van der Waals surface area (Å²) in [5.74, 6) is -0.353. The van der Waals surface area contributed by atoms with Crippen molar-refractivity contribution in [2.45, 2.75) is 0 Å². The maximum absolute atomic E-state index is 12.1. The van der Waals surface area contributed by atoms with E-state index in [-0.39, 0.29) is 5.97 Å². The van der Waals surface area contributed by atoms with Crippen LogP contribution in [0, 0.1) is 0 Å². The van der Waals surface area contributed by atoms with E-state index in [0.717, 1.165) is 32.0 Å². The van der Waals surface area contributed by atoms with Crippen LogP contribution in [0.2, 0.25) is 0 Å². The fourth-order valence-electron chi connectivity index (χ4n) is 3.11. The standard InChI is InChI=1S/C20H14BrNO2/c1-24-20(23)16-12-19-15(11-17(16)21)14-9-5-6-10-18(14)22(19)13-7-3-2-4-8-13/h2-12H,1H3. The van der Waals surface area contributed by atoms with Crippen LogP contribution in [0.25, 0.3) is 27.5 Å². The van der Waals surface area contributed by atoms with Gasteiger partial charge in [0.25, 0.3) is 0 Å². The number of fused-ring (bicyclic) bond motifs is 3. The van der Waals surface area contributed by atoms with E-state index in [0.29, 0.717) is 5.56 Å². The minimum atomic E-state index is -0.353. The Hall–Kier alpha value is -2.59. The van der Waals surface area contributed by atoms with Crippen LogP contribution in [0.4, 0.5) is 0 Å². The highest BCUT2D eigenvalue weighted by Crippen LogP contribution is 2.35. The summed E-state index contributed by atoms with van der Waals surface area (Å²) in [5, 5.41) is 2.24. The molecular weight excluding hydrogens is 366 g/mol. The molecule has 0 aliphatic heterocycles. The Balaban J connectivity index is 2.17. The van der Waals surface area contributed by atoms with E-state index in [2.05, 4.69) is 44.8 Å². The van der Waals surface area contributed by atoms with Gasteiger partial charge in [-0.2, -0.15) is 0 Å². The van der Waals surface area contributed by atoms with Crippen molar-refractivity contribution in [2.75, 3.05) is 7.11 Å². The third-order valence-electron chi connectivity index (χ3n) is 4.18. The van der Waals surface area contributed by atoms with Gasteiger partial charge in [-0.25, -0.2) is 4.79 Å². The molecular formula is C20H14BrNO2. The molecule has 1 heterocycles. The second kappa shape index (κ2) is 5.80. The van der Waals surface area contributed by atoms with Gasteiger partial charge in [0.15, 0.2) is 0 Å². The molecule has 3 aromatic carbocycles. The van der Waals surface area contributed by atoms with Crippen LogP contribution in [0.1, 0.15) is 10.4 Å². The van der Waals surface area contributed by atoms with E-state index in [1.807, 2.05) is 42.5 Å². The van der Waals surface area contributed by atoms with Crippen molar-refractivity contribution >= 4 is 43.7 Å². The highest BCUT2D eigenvalue weighted by atomic mass is 79.9. The molecule has 0 saturated carbocycles. The molecule has 0 atom stereocenters. The number of ether oxygens (including phenoxy) is 1. The number of nitrogens with zero attached hydrogens (tertiary/aromatic N) is 1. The molecule has 0 amide bonds. The molecule has 0 bridgehead atoms. The summed E-state index contributed by atoms with van der Waals surface area (Å²) in [6, 6.07) is 22.3. The van der Waals surface area contributed by atoms with Crippen molar-refractivity contribution in [2.24, 2.45) is 0 Å². The second-order valence-electron chi connectivity index (χ2n) is 5.53. The Bertz CT molecular complexity index is 1070. The minimum Gasteiger partial charge on any atom is -0.465 e. The fourth-order valence-corrected chi connectivity index (χ4v) is 3.62. The lowest BCUT2D eigenvalue weighted by Crippen LogP contribution is -2.03. The Morgan fingerprint density at radius 3 is 2.38 bits per heavy atom. The van der Waals surface area contributed by atoms with Crippen LogP contribution < -0.4 is 0 Å². The van der Waals surface area contributed by atoms with E-state index >= 15 is 0 Å². The number of carbonyl (C=O) groups excluding carboxylic acids is 1. The van der Waals surface area contributed by atoms with Crippen molar-refractivity contribution in [1.29, 1.82) is 0 Å². The number of aromatic nitrogens is 1. The van der Waals surface area contributed by atoms with E-state index in [4.69, 9.17) is 4.74 Å². The topological polar surface area (TPSA) is 31.2 Å². The monoisotopic (exact) mass is 379 g/mol. The molecule has 4 aromatic rings. The molecule has 4 heteroatoms. The van der Waals surface area contributed by atoms with Crippen molar-refractivity contribution in [3.63, 3.8) is 0 Å². The van der Waals surface area contributed by atoms with Gasteiger partial charge >= 0.3 is 5.97 Å². The third kappa shape index (κ3) is 2.22. The zero-order valence-corrected chi connectivity index (χ0v) is 14.6. The largest absolute Gasteiger partial charge is 0.465 e. The summed E-state index contributed by atoms with van der Waals surface area (Å²) in [4.78, 5) is 12.1. The SMILES string of the molecule is COC(=O)c1cc2c(cc1Br)c1ccccc1n2-c1ccccc1. The molecule has 1 aromatic heterocycles. The predicted octanol–water partition coefficient (Wildman–Crippen LogP) is 5.33. The molecule has 118 valence electrons. The van der Waals surface area contributed by atoms with Gasteiger partial charge in [0.2, 0.25) is 0 Å². The summed E-state index contributed by atoms with van der Waals surface area (Å²) in [5.41, 5.74) is 3.66. The molecule has 0 radical (unpaired) electrons. The van der Waals surface area contributed by atoms with Gasteiger partial charge in [-0.05, 0) is 46.3 Å². The Morgan fingerprint density at radius 1 is 0.917 bits per heavy atom. The number of hydrogen-bond acceptors (Lipinski definition) is 2. The zero-order valence-electron chi connectivity index (χ0n) is 13.0. The van der Waals surface area contributed by atoms with Gasteiger partial charge in [0, 0.05) is 20.9 Å². The van der Waals surface area contributed by atoms with Gasteiger partial charge in [0.05, 0.1) is 23.7 Å². The molecule has 0 fully saturated rings. The van der Waals surface area contributed by atoms with Gasteiger partial charge in [-0.15, -0.1) is 0 Å². The van der Waals surface area contributed by atoms with Crippen LogP contribution in [-0.4, -0.2) is 17.6 Å². The fraction of sp³-hybridized carbons (Fsp3) is 0.0500. The van der Waals surface area contributed by atoms with Crippen molar-refractivity contribution in [3.05, 3.63) is 76.8 Å². The summed E-state index contributed by atoms with van der Waals surface area (Å²) in [6.45, 7) is 0. The molecule has 0 spiro atoms. The summed E-state index contributed by atoms with van der Waals surface area (Å²) < 4.78 is 7.81. The summed E-state index contributed by atoms with van der Waals surface area (Å²) >= 11 is 3.50. The third-order valence-corrected chi connectivity index (χ3v) is 4.84. The second-order valence-corrected chi connectivity index (χ2v) is 6.38. The number of hydrogen-bond donors (Lipinski definition) is 0. The van der Waals surface area contributed by atoms with E-state index in [1.165, 1.54) is 7.11 Å². The molecule has 0 aliphatic rings. The highest BCUT2D eigenvalue weighted by Gasteiger charge is 2.17. The number of benzene rings is 3. The Kier molecular flexibility index (Phi) is 3.62. The Morgan fingerprint density at radius 2 is 1.62 bits per heavy atom. The minimum absolute atomic E-state index is 0.353. The van der Waals surface area contributed by atoms with E-state index in [1.54, 1.807) is 0 Å². The predicted molar refractivity (Wildman–Crippen MR) is 99.8 cm³/mol. The van der Waals surface area contributed by atoms with Crippen molar-refractivity contribution in [1.82, 2.24) is 4.57 Å². The first-order valence-corrected chi connectivity index (χ1v) is 8.36. The van der Waals surface area contributed by atoms with Gasteiger partial charge < -0.3 is 9.30 Å². The van der Waals surface area contributed by atoms with Crippen LogP contribution in [0.15, 0.2) is 71.2 Å². The molecule has 24 heavy (non-hydrogen) atoms. The van der Waals surface area contributed by atoms with E-state index < -0.39 is 0 Å². The number of carbonyl (C=O) groups is 1. The van der Waals surface area contributed by atoms with Crippen LogP contribution in [0.3, 0.4) is 0 Å². The molecule has 0 aliphatic carbocycles. The van der Waals surface area contributed by atoms with E-state index in [9.17, 15) is 4.79 Å². The van der Waals surface area contributed by atoms with Crippen LogP contribution in [-0.2, 0) is 4.74 Å². The van der Waals surface area contributed by atoms with Gasteiger partial charge in [-0.1, -0.05) is 36.4 Å². The molecule has 4 rings (SSSR count). The molecule has 0 unspecified atom stereocenters. The lowest BCUT2D eigenvalue weighted by atomic mass is 10.1. The van der Waals surface area contributed by atoms with Crippen LogP contribution in [0.5, 0.6) is 0 Å². The maximum Gasteiger partial charge on any atom is 0.339 e. The van der Waals surface area contributed by atoms with Crippen molar-refractivity contribution in [3.8, 4) is 5.69 Å². The number of methoxy groups -OCH3 is 1. The van der Waals surface area contributed by atoms with Crippen LogP contribution >= 0.6 is 15.9 Å². The van der Waals surface area contributed by atoms with Gasteiger partial charge in [-0.3, -0.25) is 0 Å². The number of para-hydroxylation sites is 2. The maximum atomic E-state index is 12.1. The number of halogens is 1. The average Bonchev–Trinajstić information content (AvgIpc) is 2.94. The quantitative estimate of drug-likeness (QED) is 0.440. The normalized spacial score (nSPS) is 11.1. The number of esters is 1. The Labute approximate surface area is 147 Å². The first kappa shape index (κ1) is 15.0. The lowest BCUT2D eigenvalue weighted by Gasteiger charge is -2.09. The first-order valence-electron chi connectivity index (χ1n) is 7.57. The highest BCUT2D eigenvalue weighted by molar-refractivity contribution is 9.10. The molecule has 3 nitrogen and oxygen atoms in total. The number of rotatable bonds is 2. The zero-order chi connectivity index (χ0) is 16.7. The smallest absolute Gasteiger partial charge is 0.339 e. The van der Waals surface area contributed by atoms with Crippen molar-refractivity contribution < 1.29 is 9.53 Å². The molecule has 0 N–H and O–H groups in total. The lowest BCUT2D eigenvalue weighted by molar-refractivity contribution is 0.0600. The van der Waals surface area contributed by atoms with Gasteiger partial charge in [0.1, 0.15) is 0 Å². The molecule has 0 saturated heterocycles. The summed E-state index contributed by atoms with van der Waals surface area (Å²) in [6.07, 6.45) is 0. The first-order chi connectivity index (χ1) is 11.7.